The minimum atomic E-state index is -0.346. The molecule has 1 aromatic carbocycles. The first-order valence-corrected chi connectivity index (χ1v) is 8.87. The lowest BCUT2D eigenvalue weighted by molar-refractivity contribution is -0.145. The van der Waals surface area contributed by atoms with Crippen LogP contribution in [0.3, 0.4) is 0 Å². The van der Waals surface area contributed by atoms with Gasteiger partial charge >= 0.3 is 5.97 Å². The molecule has 1 aromatic heterocycles. The minimum absolute atomic E-state index is 0.0428. The number of ether oxygens (including phenoxy) is 1. The topological polar surface area (TPSA) is 46.6 Å². The van der Waals surface area contributed by atoms with E-state index < -0.39 is 0 Å². The van der Waals surface area contributed by atoms with Crippen LogP contribution in [0.25, 0.3) is 11.1 Å². The maximum atomic E-state index is 12.9. The van der Waals surface area contributed by atoms with E-state index in [1.165, 1.54) is 24.0 Å². The number of hydrogen-bond donors (Lipinski definition) is 0. The zero-order chi connectivity index (χ0) is 17.7. The smallest absolute Gasteiger partial charge is 0.310 e. The standard InChI is InChI=1S/C19H23NO3S/c1-5-20(12-14(3)19(22)23-4)18(21)17-16(10-11-24-17)15-8-6-13(2)7-9-15/h6-11,14H,5,12H2,1-4H3. The minimum Gasteiger partial charge on any atom is -0.469 e. The van der Waals surface area contributed by atoms with Crippen molar-refractivity contribution >= 4 is 23.2 Å². The van der Waals surface area contributed by atoms with Gasteiger partial charge in [-0.1, -0.05) is 36.8 Å². The Morgan fingerprint density at radius 3 is 2.46 bits per heavy atom. The lowest BCUT2D eigenvalue weighted by Crippen LogP contribution is -2.37. The highest BCUT2D eigenvalue weighted by Gasteiger charge is 2.24. The van der Waals surface area contributed by atoms with Gasteiger partial charge in [-0.2, -0.15) is 0 Å². The molecule has 1 unspecified atom stereocenters. The normalized spacial score (nSPS) is 11.8. The van der Waals surface area contributed by atoms with Gasteiger partial charge in [0, 0.05) is 18.7 Å². The van der Waals surface area contributed by atoms with Crippen LogP contribution in [0.5, 0.6) is 0 Å². The molecule has 5 heteroatoms. The highest BCUT2D eigenvalue weighted by atomic mass is 32.1. The Hall–Kier alpha value is -2.14. The summed E-state index contributed by atoms with van der Waals surface area (Å²) in [4.78, 5) is 27.0. The maximum absolute atomic E-state index is 12.9. The molecule has 128 valence electrons. The molecule has 0 spiro atoms. The lowest BCUT2D eigenvalue weighted by Gasteiger charge is -2.23. The molecule has 1 atom stereocenters. The predicted octanol–water partition coefficient (Wildman–Crippen LogP) is 3.99. The number of thiophene rings is 1. The zero-order valence-electron chi connectivity index (χ0n) is 14.5. The van der Waals surface area contributed by atoms with E-state index in [9.17, 15) is 9.59 Å². The molecule has 0 N–H and O–H groups in total. The third-order valence-electron chi connectivity index (χ3n) is 3.99. The van der Waals surface area contributed by atoms with E-state index in [1.807, 2.05) is 49.6 Å². The summed E-state index contributed by atoms with van der Waals surface area (Å²) >= 11 is 1.43. The second-order valence-electron chi connectivity index (χ2n) is 5.80. The van der Waals surface area contributed by atoms with Crippen LogP contribution >= 0.6 is 11.3 Å². The molecule has 0 bridgehead atoms. The summed E-state index contributed by atoms with van der Waals surface area (Å²) in [7, 11) is 1.37. The third kappa shape index (κ3) is 4.03. The number of carbonyl (C=O) groups excluding carboxylic acids is 2. The molecule has 1 amide bonds. The first kappa shape index (κ1) is 18.2. The van der Waals surface area contributed by atoms with Crippen LogP contribution < -0.4 is 0 Å². The number of aryl methyl sites for hydroxylation is 1. The average Bonchev–Trinajstić information content (AvgIpc) is 3.08. The summed E-state index contributed by atoms with van der Waals surface area (Å²) in [5.41, 5.74) is 3.15. The summed E-state index contributed by atoms with van der Waals surface area (Å²) in [6.45, 7) is 6.63. The van der Waals surface area contributed by atoms with E-state index >= 15 is 0 Å². The van der Waals surface area contributed by atoms with Crippen LogP contribution in [-0.2, 0) is 9.53 Å². The predicted molar refractivity (Wildman–Crippen MR) is 97.2 cm³/mol. The van der Waals surface area contributed by atoms with Crippen LogP contribution in [0.15, 0.2) is 35.7 Å². The van der Waals surface area contributed by atoms with Crippen LogP contribution in [0.2, 0.25) is 0 Å². The van der Waals surface area contributed by atoms with Crippen molar-refractivity contribution in [2.45, 2.75) is 20.8 Å². The Morgan fingerprint density at radius 2 is 1.88 bits per heavy atom. The van der Waals surface area contributed by atoms with Crippen LogP contribution in [0.1, 0.15) is 29.1 Å². The first-order chi connectivity index (χ1) is 11.5. The highest BCUT2D eigenvalue weighted by molar-refractivity contribution is 7.12. The lowest BCUT2D eigenvalue weighted by atomic mass is 10.0. The number of esters is 1. The molecular weight excluding hydrogens is 322 g/mol. The van der Waals surface area contributed by atoms with Crippen molar-refractivity contribution in [3.8, 4) is 11.1 Å². The molecule has 0 saturated heterocycles. The Balaban J connectivity index is 2.24. The Kier molecular flexibility index (Phi) is 6.15. The highest BCUT2D eigenvalue weighted by Crippen LogP contribution is 2.30. The van der Waals surface area contributed by atoms with E-state index in [0.717, 1.165) is 11.1 Å². The van der Waals surface area contributed by atoms with E-state index in [-0.39, 0.29) is 17.8 Å². The fourth-order valence-corrected chi connectivity index (χ4v) is 3.42. The van der Waals surface area contributed by atoms with E-state index in [1.54, 1.807) is 11.8 Å². The number of benzene rings is 1. The molecule has 0 aliphatic heterocycles. The largest absolute Gasteiger partial charge is 0.469 e. The van der Waals surface area contributed by atoms with Crippen molar-refractivity contribution in [2.24, 2.45) is 5.92 Å². The average molecular weight is 345 g/mol. The number of nitrogens with zero attached hydrogens (tertiary/aromatic N) is 1. The van der Waals surface area contributed by atoms with Crippen LogP contribution in [0.4, 0.5) is 0 Å². The van der Waals surface area contributed by atoms with Crippen molar-refractivity contribution in [3.05, 3.63) is 46.2 Å². The quantitative estimate of drug-likeness (QED) is 0.744. The molecule has 0 fully saturated rings. The van der Waals surface area contributed by atoms with Gasteiger partial charge in [-0.05, 0) is 30.9 Å². The summed E-state index contributed by atoms with van der Waals surface area (Å²) in [5, 5.41) is 1.93. The van der Waals surface area contributed by atoms with Crippen molar-refractivity contribution in [1.82, 2.24) is 4.90 Å². The SMILES string of the molecule is CCN(CC(C)C(=O)OC)C(=O)c1sccc1-c1ccc(C)cc1. The fourth-order valence-electron chi connectivity index (χ4n) is 2.54. The van der Waals surface area contributed by atoms with Gasteiger partial charge in [-0.25, -0.2) is 0 Å². The molecule has 0 aliphatic rings. The molecule has 2 rings (SSSR count). The second-order valence-corrected chi connectivity index (χ2v) is 6.71. The van der Waals surface area contributed by atoms with Gasteiger partial charge in [-0.15, -0.1) is 11.3 Å². The molecule has 2 aromatic rings. The van der Waals surface area contributed by atoms with Crippen molar-refractivity contribution in [3.63, 3.8) is 0 Å². The Morgan fingerprint density at radius 1 is 1.21 bits per heavy atom. The van der Waals surface area contributed by atoms with Gasteiger partial charge in [0.2, 0.25) is 0 Å². The van der Waals surface area contributed by atoms with E-state index in [2.05, 4.69) is 0 Å². The summed E-state index contributed by atoms with van der Waals surface area (Å²) in [6, 6.07) is 10.1. The van der Waals surface area contributed by atoms with Crippen molar-refractivity contribution < 1.29 is 14.3 Å². The fraction of sp³-hybridized carbons (Fsp3) is 0.368. The Labute approximate surface area is 147 Å². The van der Waals surface area contributed by atoms with Gasteiger partial charge < -0.3 is 9.64 Å². The molecule has 1 heterocycles. The maximum Gasteiger partial charge on any atom is 0.310 e. The van der Waals surface area contributed by atoms with Gasteiger partial charge in [0.25, 0.3) is 5.91 Å². The van der Waals surface area contributed by atoms with Gasteiger partial charge in [0.1, 0.15) is 0 Å². The number of carbonyl (C=O) groups is 2. The second kappa shape index (κ2) is 8.11. The monoisotopic (exact) mass is 345 g/mol. The summed E-state index contributed by atoms with van der Waals surface area (Å²) in [6.07, 6.45) is 0. The van der Waals surface area contributed by atoms with E-state index in [4.69, 9.17) is 4.74 Å². The molecule has 0 radical (unpaired) electrons. The molecule has 0 saturated carbocycles. The summed E-state index contributed by atoms with van der Waals surface area (Å²) in [5.74, 6) is -0.688. The molecule has 4 nitrogen and oxygen atoms in total. The number of rotatable bonds is 6. The third-order valence-corrected chi connectivity index (χ3v) is 4.89. The van der Waals surface area contributed by atoms with Gasteiger partial charge in [0.05, 0.1) is 17.9 Å². The van der Waals surface area contributed by atoms with Crippen molar-refractivity contribution in [2.75, 3.05) is 20.2 Å². The number of methoxy groups -OCH3 is 1. The first-order valence-electron chi connectivity index (χ1n) is 7.99. The van der Waals surface area contributed by atoms with Gasteiger partial charge in [0.15, 0.2) is 0 Å². The van der Waals surface area contributed by atoms with E-state index in [0.29, 0.717) is 18.0 Å². The van der Waals surface area contributed by atoms with Crippen LogP contribution in [-0.4, -0.2) is 37.0 Å². The summed E-state index contributed by atoms with van der Waals surface area (Å²) < 4.78 is 4.76. The number of amides is 1. The van der Waals surface area contributed by atoms with Crippen LogP contribution in [0, 0.1) is 12.8 Å². The molecule has 24 heavy (non-hydrogen) atoms. The number of hydrogen-bond acceptors (Lipinski definition) is 4. The molecular formula is C19H23NO3S. The van der Waals surface area contributed by atoms with Gasteiger partial charge in [-0.3, -0.25) is 9.59 Å². The Bertz CT molecular complexity index is 706. The molecule has 0 aliphatic carbocycles. The van der Waals surface area contributed by atoms with Crippen molar-refractivity contribution in [1.29, 1.82) is 0 Å². The zero-order valence-corrected chi connectivity index (χ0v) is 15.4.